The minimum absolute atomic E-state index is 0.0537. The quantitative estimate of drug-likeness (QED) is 0.677. The number of hydrogen-bond donors (Lipinski definition) is 0. The van der Waals surface area contributed by atoms with Gasteiger partial charge in [0, 0.05) is 13.0 Å². The minimum Gasteiger partial charge on any atom is -0.302 e. The molecule has 4 heteroatoms. The van der Waals surface area contributed by atoms with Crippen LogP contribution in [0.4, 0.5) is 0 Å². The summed E-state index contributed by atoms with van der Waals surface area (Å²) in [6.45, 7) is 6.63. The maximum atomic E-state index is 11.8. The SMILES string of the molecule is CCN(CCCC(=O)c1cccs1)CC(C)C#N. The summed E-state index contributed by atoms with van der Waals surface area (Å²) in [6, 6.07) is 6.03. The highest BCUT2D eigenvalue weighted by Gasteiger charge is 2.10. The molecule has 3 nitrogen and oxygen atoms in total. The van der Waals surface area contributed by atoms with Crippen molar-refractivity contribution < 1.29 is 4.79 Å². The van der Waals surface area contributed by atoms with Crippen molar-refractivity contribution in [3.63, 3.8) is 0 Å². The van der Waals surface area contributed by atoms with Gasteiger partial charge in [-0.3, -0.25) is 4.79 Å². The van der Waals surface area contributed by atoms with Gasteiger partial charge in [-0.25, -0.2) is 0 Å². The Kier molecular flexibility index (Phi) is 6.63. The van der Waals surface area contributed by atoms with E-state index in [1.807, 2.05) is 24.4 Å². The largest absolute Gasteiger partial charge is 0.302 e. The third-order valence-electron chi connectivity index (χ3n) is 2.87. The number of carbonyl (C=O) groups is 1. The lowest BCUT2D eigenvalue weighted by molar-refractivity contribution is 0.0978. The zero-order chi connectivity index (χ0) is 13.4. The summed E-state index contributed by atoms with van der Waals surface area (Å²) >= 11 is 1.50. The van der Waals surface area contributed by atoms with Crippen molar-refractivity contribution in [1.29, 1.82) is 5.26 Å². The Hall–Kier alpha value is -1.18. The summed E-state index contributed by atoms with van der Waals surface area (Å²) in [5.74, 6) is 0.285. The highest BCUT2D eigenvalue weighted by molar-refractivity contribution is 7.12. The van der Waals surface area contributed by atoms with Crippen LogP contribution in [0.5, 0.6) is 0 Å². The lowest BCUT2D eigenvalue weighted by Gasteiger charge is -2.21. The summed E-state index contributed by atoms with van der Waals surface area (Å²) in [5.41, 5.74) is 0. The molecule has 0 saturated heterocycles. The van der Waals surface area contributed by atoms with E-state index in [1.165, 1.54) is 11.3 Å². The second-order valence-corrected chi connectivity index (χ2v) is 5.38. The minimum atomic E-state index is 0.0537. The van der Waals surface area contributed by atoms with E-state index in [9.17, 15) is 4.79 Å². The number of hydrogen-bond acceptors (Lipinski definition) is 4. The van der Waals surface area contributed by atoms with Gasteiger partial charge in [0.15, 0.2) is 5.78 Å². The molecule has 0 N–H and O–H groups in total. The number of nitriles is 1. The third kappa shape index (κ3) is 4.99. The van der Waals surface area contributed by atoms with Crippen LogP contribution < -0.4 is 0 Å². The Balaban J connectivity index is 2.27. The molecule has 98 valence electrons. The number of nitrogens with zero attached hydrogens (tertiary/aromatic N) is 2. The summed E-state index contributed by atoms with van der Waals surface area (Å²) in [7, 11) is 0. The second-order valence-electron chi connectivity index (χ2n) is 4.43. The van der Waals surface area contributed by atoms with Crippen LogP contribution >= 0.6 is 11.3 Å². The van der Waals surface area contributed by atoms with Crippen molar-refractivity contribution >= 4 is 17.1 Å². The standard InChI is InChI=1S/C14H20N2OS/c1-3-16(11-12(2)10-15)8-4-6-13(17)14-7-5-9-18-14/h5,7,9,12H,3-4,6,8,11H2,1-2H3. The molecule has 0 radical (unpaired) electrons. The Morgan fingerprint density at radius 2 is 2.39 bits per heavy atom. The van der Waals surface area contributed by atoms with Crippen LogP contribution in [0.25, 0.3) is 0 Å². The second kappa shape index (κ2) is 8.02. The van der Waals surface area contributed by atoms with Crippen LogP contribution in [-0.2, 0) is 0 Å². The average Bonchev–Trinajstić information content (AvgIpc) is 2.91. The molecule has 1 atom stereocenters. The van der Waals surface area contributed by atoms with Crippen LogP contribution in [0.15, 0.2) is 17.5 Å². The van der Waals surface area contributed by atoms with Crippen LogP contribution in [0.1, 0.15) is 36.4 Å². The molecule has 0 aliphatic carbocycles. The first kappa shape index (κ1) is 14.9. The summed E-state index contributed by atoms with van der Waals surface area (Å²) in [5, 5.41) is 10.7. The predicted octanol–water partition coefficient (Wildman–Crippen LogP) is 3.19. The Labute approximate surface area is 113 Å². The van der Waals surface area contributed by atoms with Crippen LogP contribution in [0.3, 0.4) is 0 Å². The van der Waals surface area contributed by atoms with E-state index in [0.29, 0.717) is 6.42 Å². The number of carbonyl (C=O) groups excluding carboxylic acids is 1. The van der Waals surface area contributed by atoms with E-state index >= 15 is 0 Å². The van der Waals surface area contributed by atoms with E-state index < -0.39 is 0 Å². The Bertz CT molecular complexity index is 394. The smallest absolute Gasteiger partial charge is 0.172 e. The fraction of sp³-hybridized carbons (Fsp3) is 0.571. The van der Waals surface area contributed by atoms with E-state index in [1.54, 1.807) is 0 Å². The molecule has 1 aromatic heterocycles. The van der Waals surface area contributed by atoms with Crippen LogP contribution in [0.2, 0.25) is 0 Å². The number of Topliss-reactive ketones (excluding diaryl/α,β-unsaturated/α-hetero) is 1. The maximum Gasteiger partial charge on any atom is 0.172 e. The molecular weight excluding hydrogens is 244 g/mol. The van der Waals surface area contributed by atoms with Gasteiger partial charge in [0.2, 0.25) is 0 Å². The van der Waals surface area contributed by atoms with Crippen molar-refractivity contribution in [1.82, 2.24) is 4.90 Å². The highest BCUT2D eigenvalue weighted by Crippen LogP contribution is 2.12. The molecule has 0 aliphatic rings. The van der Waals surface area contributed by atoms with Gasteiger partial charge < -0.3 is 4.90 Å². The van der Waals surface area contributed by atoms with Gasteiger partial charge in [-0.15, -0.1) is 11.3 Å². The molecular formula is C14H20N2OS. The molecule has 0 bridgehead atoms. The fourth-order valence-electron chi connectivity index (χ4n) is 1.83. The van der Waals surface area contributed by atoms with Gasteiger partial charge in [0.25, 0.3) is 0 Å². The summed E-state index contributed by atoms with van der Waals surface area (Å²) in [4.78, 5) is 14.9. The predicted molar refractivity (Wildman–Crippen MR) is 74.8 cm³/mol. The van der Waals surface area contributed by atoms with Crippen molar-refractivity contribution in [3.05, 3.63) is 22.4 Å². The molecule has 0 saturated carbocycles. The molecule has 0 spiro atoms. The van der Waals surface area contributed by atoms with Crippen molar-refractivity contribution in [2.75, 3.05) is 19.6 Å². The monoisotopic (exact) mass is 264 g/mol. The normalized spacial score (nSPS) is 12.3. The molecule has 18 heavy (non-hydrogen) atoms. The summed E-state index contributed by atoms with van der Waals surface area (Å²) < 4.78 is 0. The summed E-state index contributed by atoms with van der Waals surface area (Å²) in [6.07, 6.45) is 1.46. The molecule has 1 unspecified atom stereocenters. The molecule has 0 amide bonds. The Morgan fingerprint density at radius 1 is 1.61 bits per heavy atom. The third-order valence-corrected chi connectivity index (χ3v) is 3.78. The van der Waals surface area contributed by atoms with Crippen LogP contribution in [-0.4, -0.2) is 30.3 Å². The first-order chi connectivity index (χ1) is 8.67. The first-order valence-corrected chi connectivity index (χ1v) is 7.24. The number of rotatable bonds is 8. The van der Waals surface area contributed by atoms with Gasteiger partial charge in [-0.2, -0.15) is 5.26 Å². The first-order valence-electron chi connectivity index (χ1n) is 6.36. The molecule has 0 fully saturated rings. The molecule has 0 aromatic carbocycles. The van der Waals surface area contributed by atoms with E-state index in [0.717, 1.165) is 30.9 Å². The molecule has 1 heterocycles. The van der Waals surface area contributed by atoms with Gasteiger partial charge in [0.1, 0.15) is 0 Å². The van der Waals surface area contributed by atoms with Gasteiger partial charge in [-0.1, -0.05) is 13.0 Å². The zero-order valence-corrected chi connectivity index (χ0v) is 11.9. The Morgan fingerprint density at radius 3 is 2.94 bits per heavy atom. The topological polar surface area (TPSA) is 44.1 Å². The van der Waals surface area contributed by atoms with Crippen LogP contribution in [0, 0.1) is 17.2 Å². The molecule has 0 aliphatic heterocycles. The highest BCUT2D eigenvalue weighted by atomic mass is 32.1. The van der Waals surface area contributed by atoms with Gasteiger partial charge >= 0.3 is 0 Å². The fourth-order valence-corrected chi connectivity index (χ4v) is 2.52. The van der Waals surface area contributed by atoms with E-state index in [2.05, 4.69) is 17.9 Å². The zero-order valence-electron chi connectivity index (χ0n) is 11.1. The van der Waals surface area contributed by atoms with E-state index in [4.69, 9.17) is 5.26 Å². The lowest BCUT2D eigenvalue weighted by atomic mass is 10.1. The van der Waals surface area contributed by atoms with Crippen molar-refractivity contribution in [3.8, 4) is 6.07 Å². The maximum absolute atomic E-state index is 11.8. The molecule has 1 aromatic rings. The van der Waals surface area contributed by atoms with Crippen molar-refractivity contribution in [2.24, 2.45) is 5.92 Å². The van der Waals surface area contributed by atoms with Crippen molar-refractivity contribution in [2.45, 2.75) is 26.7 Å². The van der Waals surface area contributed by atoms with Gasteiger partial charge in [0.05, 0.1) is 16.9 Å². The lowest BCUT2D eigenvalue weighted by Crippen LogP contribution is -2.29. The number of thiophene rings is 1. The number of ketones is 1. The van der Waals surface area contributed by atoms with Gasteiger partial charge in [-0.05, 0) is 37.9 Å². The molecule has 1 rings (SSSR count). The van der Waals surface area contributed by atoms with E-state index in [-0.39, 0.29) is 11.7 Å². The average molecular weight is 264 g/mol.